The molecule has 0 aromatic carbocycles. The molecule has 0 aliphatic rings. The van der Waals surface area contributed by atoms with Gasteiger partial charge in [0.2, 0.25) is 0 Å². The molecule has 0 aromatic rings. The van der Waals surface area contributed by atoms with E-state index in [1.165, 1.54) is 76.5 Å². The maximum absolute atomic E-state index is 5.65. The van der Waals surface area contributed by atoms with Crippen LogP contribution in [0.3, 0.4) is 0 Å². The van der Waals surface area contributed by atoms with Gasteiger partial charge in [-0.3, -0.25) is 0 Å². The van der Waals surface area contributed by atoms with E-state index in [9.17, 15) is 0 Å². The molecule has 0 aromatic heterocycles. The van der Waals surface area contributed by atoms with Gasteiger partial charge in [0.05, 0.1) is 0 Å². The zero-order chi connectivity index (χ0) is 11.5. The van der Waals surface area contributed by atoms with Gasteiger partial charge in [-0.25, -0.2) is 0 Å². The van der Waals surface area contributed by atoms with E-state index in [1.807, 2.05) is 0 Å². The molecule has 0 saturated carbocycles. The zero-order valence-corrected chi connectivity index (χ0v) is 13.2. The van der Waals surface area contributed by atoms with Crippen LogP contribution in [0, 0.1) is 5.92 Å². The molecule has 1 nitrogen and oxygen atoms in total. The topological polar surface area (TPSA) is 9.23 Å². The van der Waals surface area contributed by atoms with Crippen LogP contribution in [0.15, 0.2) is 0 Å². The van der Waals surface area contributed by atoms with Crippen LogP contribution in [0.1, 0.15) is 72.1 Å². The Balaban J connectivity index is 3.77. The van der Waals surface area contributed by atoms with Crippen molar-refractivity contribution in [2.45, 2.75) is 78.2 Å². The van der Waals surface area contributed by atoms with Crippen molar-refractivity contribution in [3.05, 3.63) is 0 Å². The first-order chi connectivity index (χ1) is 7.28. The van der Waals surface area contributed by atoms with E-state index >= 15 is 0 Å². The third-order valence-corrected chi connectivity index (χ3v) is 4.01. The van der Waals surface area contributed by atoms with Crippen LogP contribution in [0.4, 0.5) is 0 Å². The van der Waals surface area contributed by atoms with Crippen LogP contribution >= 0.6 is 0 Å². The fourth-order valence-corrected chi connectivity index (χ4v) is 2.54. The van der Waals surface area contributed by atoms with Gasteiger partial charge in [-0.15, -0.1) is 0 Å². The summed E-state index contributed by atoms with van der Waals surface area (Å²) in [4.78, 5) is 0. The summed E-state index contributed by atoms with van der Waals surface area (Å²) in [5, 5.41) is 0. The van der Waals surface area contributed by atoms with Crippen molar-refractivity contribution < 1.29 is 28.0 Å². The first-order valence-corrected chi connectivity index (χ1v) is 7.61. The Kier molecular flexibility index (Phi) is 12.0. The third kappa shape index (κ3) is 8.63. The van der Waals surface area contributed by atoms with Crippen molar-refractivity contribution in [2.75, 3.05) is 0 Å². The van der Waals surface area contributed by atoms with Crippen molar-refractivity contribution >= 4 is 0 Å². The standard InChI is InChI=1S/C13H27O.Zr/c1-4-7-9-12(6-3)11-13(14)10-8-5-2;/h12-13H,4-11H2,1-3H3;/q-1;+1. The molecule has 0 heterocycles. The summed E-state index contributed by atoms with van der Waals surface area (Å²) in [6.45, 7) is 6.86. The number of rotatable bonds is 10. The number of hydrogen-bond acceptors (Lipinski definition) is 1. The van der Waals surface area contributed by atoms with Crippen LogP contribution in [0.25, 0.3) is 0 Å². The van der Waals surface area contributed by atoms with E-state index in [-0.39, 0.29) is 0 Å². The Labute approximate surface area is 112 Å². The predicted molar refractivity (Wildman–Crippen MR) is 62.3 cm³/mol. The molecule has 89 valence electrons. The van der Waals surface area contributed by atoms with Crippen LogP contribution in [0.2, 0.25) is 0 Å². The maximum atomic E-state index is 5.65. The van der Waals surface area contributed by atoms with Gasteiger partial charge in [0, 0.05) is 0 Å². The van der Waals surface area contributed by atoms with Crippen LogP contribution in [-0.2, 0) is 28.0 Å². The first kappa shape index (κ1) is 15.8. The average Bonchev–Trinajstić information content (AvgIpc) is 2.28. The number of unbranched alkanes of at least 4 members (excludes halogenated alkanes) is 2. The fraction of sp³-hybridized carbons (Fsp3) is 1.00. The molecule has 2 heteroatoms. The van der Waals surface area contributed by atoms with Gasteiger partial charge in [-0.05, 0) is 0 Å². The van der Waals surface area contributed by atoms with Crippen LogP contribution < -0.4 is 0 Å². The van der Waals surface area contributed by atoms with E-state index in [1.54, 1.807) is 0 Å². The Morgan fingerprint density at radius 3 is 2.07 bits per heavy atom. The Morgan fingerprint density at radius 1 is 1.00 bits per heavy atom. The molecule has 0 amide bonds. The summed E-state index contributed by atoms with van der Waals surface area (Å²) in [6, 6.07) is 0. The minimum atomic E-state index is 0.546. The molecular weight excluding hydrogens is 263 g/mol. The molecule has 0 radical (unpaired) electrons. The van der Waals surface area contributed by atoms with Gasteiger partial charge in [0.1, 0.15) is 0 Å². The fourth-order valence-electron chi connectivity index (χ4n) is 2.01. The quantitative estimate of drug-likeness (QED) is 0.570. The molecular formula is C13H27OZr. The summed E-state index contributed by atoms with van der Waals surface area (Å²) in [6.07, 6.45) is 11.2. The van der Waals surface area contributed by atoms with E-state index in [2.05, 4.69) is 20.8 Å². The first-order valence-electron chi connectivity index (χ1n) is 6.60. The summed E-state index contributed by atoms with van der Waals surface area (Å²) in [5.41, 5.74) is 0. The Bertz CT molecular complexity index is 114. The molecule has 0 fully saturated rings. The summed E-state index contributed by atoms with van der Waals surface area (Å²) in [7, 11) is 0. The summed E-state index contributed by atoms with van der Waals surface area (Å²) < 4.78 is 5.65. The molecule has 0 spiro atoms. The zero-order valence-electron chi connectivity index (χ0n) is 10.7. The average molecular weight is 291 g/mol. The van der Waals surface area contributed by atoms with Gasteiger partial charge in [0.15, 0.2) is 0 Å². The van der Waals surface area contributed by atoms with Crippen molar-refractivity contribution in [3.8, 4) is 0 Å². The molecule has 2 atom stereocenters. The molecule has 0 bridgehead atoms. The van der Waals surface area contributed by atoms with E-state index in [0.717, 1.165) is 5.92 Å². The van der Waals surface area contributed by atoms with E-state index in [4.69, 9.17) is 2.81 Å². The summed E-state index contributed by atoms with van der Waals surface area (Å²) >= 11 is 1.24. The van der Waals surface area contributed by atoms with Crippen molar-refractivity contribution in [1.82, 2.24) is 0 Å². The Hall–Kier alpha value is 0.843. The molecule has 0 rings (SSSR count). The SMILES string of the molecule is CCCCC(CC)CC(CCCC)[O][Zr]. The monoisotopic (exact) mass is 289 g/mol. The second-order valence-electron chi connectivity index (χ2n) is 4.53. The second-order valence-corrected chi connectivity index (χ2v) is 5.11. The third-order valence-electron chi connectivity index (χ3n) is 3.19. The van der Waals surface area contributed by atoms with Crippen LogP contribution in [0.5, 0.6) is 0 Å². The molecule has 0 N–H and O–H groups in total. The van der Waals surface area contributed by atoms with Gasteiger partial charge >= 0.3 is 112 Å². The second kappa shape index (κ2) is 11.3. The van der Waals surface area contributed by atoms with Gasteiger partial charge in [-0.2, -0.15) is 0 Å². The molecule has 0 aliphatic carbocycles. The van der Waals surface area contributed by atoms with Gasteiger partial charge in [-0.1, -0.05) is 0 Å². The van der Waals surface area contributed by atoms with Gasteiger partial charge in [0.25, 0.3) is 0 Å². The predicted octanol–water partition coefficient (Wildman–Crippen LogP) is 4.63. The molecule has 15 heavy (non-hydrogen) atoms. The Morgan fingerprint density at radius 2 is 1.60 bits per heavy atom. The molecule has 0 aliphatic heterocycles. The van der Waals surface area contributed by atoms with Crippen LogP contribution in [-0.4, -0.2) is 6.10 Å². The molecule has 2 unspecified atom stereocenters. The van der Waals surface area contributed by atoms with Gasteiger partial charge < -0.3 is 0 Å². The molecule has 0 saturated heterocycles. The van der Waals surface area contributed by atoms with E-state index in [0.29, 0.717) is 6.10 Å². The van der Waals surface area contributed by atoms with Crippen molar-refractivity contribution in [1.29, 1.82) is 0 Å². The number of hydrogen-bond donors (Lipinski definition) is 0. The van der Waals surface area contributed by atoms with E-state index < -0.39 is 0 Å². The normalized spacial score (nSPS) is 15.1. The minimum absolute atomic E-state index is 0.546. The van der Waals surface area contributed by atoms with Crippen molar-refractivity contribution in [2.24, 2.45) is 5.92 Å². The van der Waals surface area contributed by atoms with Crippen molar-refractivity contribution in [3.63, 3.8) is 0 Å². The summed E-state index contributed by atoms with van der Waals surface area (Å²) in [5.74, 6) is 0.896.